The number of nitrogens with one attached hydrogen (secondary N) is 1. The molecule has 1 amide bonds. The zero-order valence-electron chi connectivity index (χ0n) is 15.8. The van der Waals surface area contributed by atoms with Crippen LogP contribution in [-0.4, -0.2) is 23.5 Å². The number of anilines is 1. The van der Waals surface area contributed by atoms with Crippen LogP contribution in [0.15, 0.2) is 84.9 Å². The maximum atomic E-state index is 12.8. The van der Waals surface area contributed by atoms with E-state index in [9.17, 15) is 9.59 Å². The van der Waals surface area contributed by atoms with Crippen LogP contribution in [0.3, 0.4) is 0 Å². The van der Waals surface area contributed by atoms with E-state index < -0.39 is 11.9 Å². The third-order valence-corrected chi connectivity index (χ3v) is 5.12. The van der Waals surface area contributed by atoms with Crippen molar-refractivity contribution in [3.63, 3.8) is 0 Å². The van der Waals surface area contributed by atoms with Crippen molar-refractivity contribution in [3.05, 3.63) is 94.1 Å². The van der Waals surface area contributed by atoms with Crippen molar-refractivity contribution in [1.29, 1.82) is 0 Å². The molecular formula is C24H17IN2O3. The lowest BCUT2D eigenvalue weighted by molar-refractivity contribution is -0.119. The molecule has 0 bridgehead atoms. The highest BCUT2D eigenvalue weighted by molar-refractivity contribution is 14.1. The highest BCUT2D eigenvalue weighted by atomic mass is 127. The summed E-state index contributed by atoms with van der Waals surface area (Å²) >= 11 is 2.16. The number of esters is 1. The van der Waals surface area contributed by atoms with Gasteiger partial charge < -0.3 is 10.1 Å². The summed E-state index contributed by atoms with van der Waals surface area (Å²) in [5.74, 6) is -0.962. The molecule has 148 valence electrons. The first-order valence-corrected chi connectivity index (χ1v) is 10.4. The Morgan fingerprint density at radius 1 is 0.900 bits per heavy atom. The number of halogens is 1. The van der Waals surface area contributed by atoms with Crippen LogP contribution in [0.4, 0.5) is 5.69 Å². The molecule has 0 spiro atoms. The fourth-order valence-corrected chi connectivity index (χ4v) is 3.62. The average molecular weight is 508 g/mol. The van der Waals surface area contributed by atoms with Crippen LogP contribution < -0.4 is 5.32 Å². The van der Waals surface area contributed by atoms with Gasteiger partial charge in [-0.2, -0.15) is 0 Å². The summed E-state index contributed by atoms with van der Waals surface area (Å²) in [7, 11) is 0. The smallest absolute Gasteiger partial charge is 0.339 e. The predicted molar refractivity (Wildman–Crippen MR) is 125 cm³/mol. The molecule has 6 heteroatoms. The summed E-state index contributed by atoms with van der Waals surface area (Å²) in [5, 5.41) is 3.41. The molecule has 0 fully saturated rings. The van der Waals surface area contributed by atoms with Crippen LogP contribution in [0.25, 0.3) is 22.2 Å². The largest absolute Gasteiger partial charge is 0.452 e. The maximum Gasteiger partial charge on any atom is 0.339 e. The molecule has 1 aromatic heterocycles. The van der Waals surface area contributed by atoms with Crippen molar-refractivity contribution < 1.29 is 14.3 Å². The lowest BCUT2D eigenvalue weighted by atomic mass is 10.0. The summed E-state index contributed by atoms with van der Waals surface area (Å²) < 4.78 is 6.31. The first kappa shape index (κ1) is 20.0. The molecule has 0 saturated heterocycles. The highest BCUT2D eigenvalue weighted by Gasteiger charge is 2.16. The van der Waals surface area contributed by atoms with Crippen LogP contribution in [0.1, 0.15) is 10.4 Å². The fraction of sp³-hybridized carbons (Fsp3) is 0.0417. The van der Waals surface area contributed by atoms with Gasteiger partial charge in [-0.15, -0.1) is 0 Å². The van der Waals surface area contributed by atoms with E-state index in [0.717, 1.165) is 9.13 Å². The van der Waals surface area contributed by atoms with E-state index >= 15 is 0 Å². The number of hydrogen-bond acceptors (Lipinski definition) is 4. The number of pyridine rings is 1. The maximum absolute atomic E-state index is 12.8. The van der Waals surface area contributed by atoms with Gasteiger partial charge in [0.05, 0.1) is 16.8 Å². The van der Waals surface area contributed by atoms with Crippen LogP contribution >= 0.6 is 22.6 Å². The fourth-order valence-electron chi connectivity index (χ4n) is 3.07. The molecule has 0 radical (unpaired) electrons. The monoisotopic (exact) mass is 508 g/mol. The van der Waals surface area contributed by atoms with Gasteiger partial charge in [0.2, 0.25) is 0 Å². The average Bonchev–Trinajstić information content (AvgIpc) is 2.77. The van der Waals surface area contributed by atoms with E-state index in [0.29, 0.717) is 27.8 Å². The molecule has 30 heavy (non-hydrogen) atoms. The lowest BCUT2D eigenvalue weighted by Crippen LogP contribution is -2.21. The van der Waals surface area contributed by atoms with Gasteiger partial charge in [0.25, 0.3) is 5.91 Å². The standard InChI is InChI=1S/C24H17IN2O3/c25-17-9-6-10-18(13-17)26-23(28)15-30-24(29)20-14-22(16-7-2-1-3-8-16)27-21-12-5-4-11-19(20)21/h1-14H,15H2,(H,26,28). The SMILES string of the molecule is O=C(COC(=O)c1cc(-c2ccccc2)nc2ccccc12)Nc1cccc(I)c1. The number of aromatic nitrogens is 1. The molecule has 0 saturated carbocycles. The van der Waals surface area contributed by atoms with E-state index in [-0.39, 0.29) is 6.61 Å². The Morgan fingerprint density at radius 3 is 2.47 bits per heavy atom. The normalized spacial score (nSPS) is 10.6. The Hall–Kier alpha value is -3.26. The second-order valence-corrected chi connectivity index (χ2v) is 7.82. The minimum atomic E-state index is -0.566. The Kier molecular flexibility index (Phi) is 6.04. The van der Waals surface area contributed by atoms with Crippen molar-refractivity contribution in [1.82, 2.24) is 4.98 Å². The summed E-state index contributed by atoms with van der Waals surface area (Å²) in [6.45, 7) is -0.373. The van der Waals surface area contributed by atoms with Crippen molar-refractivity contribution in [2.75, 3.05) is 11.9 Å². The minimum Gasteiger partial charge on any atom is -0.452 e. The molecule has 1 heterocycles. The predicted octanol–water partition coefficient (Wildman–Crippen LogP) is 5.30. The molecular weight excluding hydrogens is 491 g/mol. The number of nitrogens with zero attached hydrogens (tertiary/aromatic N) is 1. The Balaban J connectivity index is 1.56. The van der Waals surface area contributed by atoms with Gasteiger partial charge in [-0.3, -0.25) is 4.79 Å². The molecule has 0 unspecified atom stereocenters. The van der Waals surface area contributed by atoms with Gasteiger partial charge in [0.15, 0.2) is 6.61 Å². The van der Waals surface area contributed by atoms with Gasteiger partial charge in [0, 0.05) is 20.2 Å². The number of ether oxygens (including phenoxy) is 1. The summed E-state index contributed by atoms with van der Waals surface area (Å²) in [6.07, 6.45) is 0. The summed E-state index contributed by atoms with van der Waals surface area (Å²) in [6, 6.07) is 26.1. The number of para-hydroxylation sites is 1. The quantitative estimate of drug-likeness (QED) is 0.294. The molecule has 0 aliphatic heterocycles. The van der Waals surface area contributed by atoms with E-state index in [1.807, 2.05) is 72.8 Å². The topological polar surface area (TPSA) is 68.3 Å². The van der Waals surface area contributed by atoms with Gasteiger partial charge in [-0.05, 0) is 52.9 Å². The Bertz CT molecular complexity index is 1230. The summed E-state index contributed by atoms with van der Waals surface area (Å²) in [4.78, 5) is 29.7. The number of amides is 1. The molecule has 0 aliphatic rings. The van der Waals surface area contributed by atoms with Gasteiger partial charge in [-0.25, -0.2) is 9.78 Å². The number of fused-ring (bicyclic) bond motifs is 1. The van der Waals surface area contributed by atoms with E-state index in [4.69, 9.17) is 4.74 Å². The Morgan fingerprint density at radius 2 is 1.67 bits per heavy atom. The molecule has 5 nitrogen and oxygen atoms in total. The number of carbonyl (C=O) groups excluding carboxylic acids is 2. The first-order valence-electron chi connectivity index (χ1n) is 9.28. The second-order valence-electron chi connectivity index (χ2n) is 6.57. The number of hydrogen-bond donors (Lipinski definition) is 1. The third kappa shape index (κ3) is 4.65. The van der Waals surface area contributed by atoms with Crippen molar-refractivity contribution in [2.45, 2.75) is 0 Å². The van der Waals surface area contributed by atoms with Crippen LogP contribution in [0, 0.1) is 3.57 Å². The number of carbonyl (C=O) groups is 2. The van der Waals surface area contributed by atoms with E-state index in [2.05, 4.69) is 32.9 Å². The van der Waals surface area contributed by atoms with Crippen LogP contribution in [-0.2, 0) is 9.53 Å². The van der Waals surface area contributed by atoms with Crippen LogP contribution in [0.5, 0.6) is 0 Å². The minimum absolute atomic E-state index is 0.373. The molecule has 4 aromatic rings. The van der Waals surface area contributed by atoms with Gasteiger partial charge >= 0.3 is 5.97 Å². The lowest BCUT2D eigenvalue weighted by Gasteiger charge is -2.10. The molecule has 0 aliphatic carbocycles. The van der Waals surface area contributed by atoms with Crippen molar-refractivity contribution >= 4 is 51.1 Å². The van der Waals surface area contributed by atoms with Gasteiger partial charge in [0.1, 0.15) is 0 Å². The summed E-state index contributed by atoms with van der Waals surface area (Å²) in [5.41, 5.74) is 3.29. The molecule has 0 atom stereocenters. The number of benzene rings is 3. The van der Waals surface area contributed by atoms with Crippen molar-refractivity contribution in [3.8, 4) is 11.3 Å². The highest BCUT2D eigenvalue weighted by Crippen LogP contribution is 2.25. The zero-order valence-corrected chi connectivity index (χ0v) is 18.0. The second kappa shape index (κ2) is 9.04. The van der Waals surface area contributed by atoms with Gasteiger partial charge in [-0.1, -0.05) is 54.6 Å². The first-order chi connectivity index (χ1) is 14.6. The molecule has 1 N–H and O–H groups in total. The molecule has 3 aromatic carbocycles. The van der Waals surface area contributed by atoms with Crippen molar-refractivity contribution in [2.24, 2.45) is 0 Å². The molecule has 4 rings (SSSR count). The van der Waals surface area contributed by atoms with Crippen LogP contribution in [0.2, 0.25) is 0 Å². The zero-order chi connectivity index (χ0) is 20.9. The number of rotatable bonds is 5. The Labute approximate surface area is 187 Å². The van der Waals surface area contributed by atoms with E-state index in [1.54, 1.807) is 12.1 Å². The van der Waals surface area contributed by atoms with E-state index in [1.165, 1.54) is 0 Å². The third-order valence-electron chi connectivity index (χ3n) is 4.45.